The molecule has 0 saturated carbocycles. The highest BCUT2D eigenvalue weighted by atomic mass is 32.2. The molecule has 0 fully saturated rings. The second-order valence-electron chi connectivity index (χ2n) is 3.09. The maximum Gasteiger partial charge on any atom is 0.336 e. The predicted molar refractivity (Wildman–Crippen MR) is 59.5 cm³/mol. The lowest BCUT2D eigenvalue weighted by Crippen LogP contribution is -1.98. The lowest BCUT2D eigenvalue weighted by Gasteiger charge is -2.03. The van der Waals surface area contributed by atoms with Crippen molar-refractivity contribution in [3.8, 4) is 0 Å². The van der Waals surface area contributed by atoms with Crippen LogP contribution in [0.3, 0.4) is 0 Å². The number of rotatable bonds is 3. The summed E-state index contributed by atoms with van der Waals surface area (Å²) >= 11 is 1.08. The van der Waals surface area contributed by atoms with Gasteiger partial charge in [0.1, 0.15) is 0 Å². The van der Waals surface area contributed by atoms with E-state index in [1.165, 1.54) is 6.07 Å². The third-order valence-electron chi connectivity index (χ3n) is 1.92. The zero-order valence-electron chi connectivity index (χ0n) is 8.50. The molecule has 0 aliphatic carbocycles. The topological polar surface area (TPSA) is 63.1 Å². The van der Waals surface area contributed by atoms with Crippen molar-refractivity contribution in [2.75, 3.05) is 0 Å². The van der Waals surface area contributed by atoms with Crippen LogP contribution in [0.4, 0.5) is 4.39 Å². The summed E-state index contributed by atoms with van der Waals surface area (Å²) in [6, 6.07) is 6.51. The molecule has 1 aromatic heterocycles. The molecular formula is C11H7FN2O2S. The van der Waals surface area contributed by atoms with Crippen molar-refractivity contribution in [3.05, 3.63) is 48.0 Å². The zero-order valence-corrected chi connectivity index (χ0v) is 9.32. The number of carbonyl (C=O) groups is 1. The van der Waals surface area contributed by atoms with Gasteiger partial charge in [-0.3, -0.25) is 0 Å². The number of nitrogens with zero attached hydrogens (tertiary/aromatic N) is 2. The summed E-state index contributed by atoms with van der Waals surface area (Å²) in [7, 11) is 0. The molecule has 6 heteroatoms. The molecule has 86 valence electrons. The first-order chi connectivity index (χ1) is 8.16. The molecule has 0 spiro atoms. The Bertz CT molecular complexity index is 545. The second-order valence-corrected chi connectivity index (χ2v) is 4.10. The van der Waals surface area contributed by atoms with Crippen LogP contribution in [0.1, 0.15) is 10.4 Å². The van der Waals surface area contributed by atoms with Gasteiger partial charge in [-0.25, -0.2) is 19.2 Å². The molecule has 0 aliphatic rings. The first-order valence-electron chi connectivity index (χ1n) is 4.64. The van der Waals surface area contributed by atoms with Crippen LogP contribution >= 0.6 is 11.8 Å². The van der Waals surface area contributed by atoms with E-state index in [1.54, 1.807) is 18.2 Å². The van der Waals surface area contributed by atoms with E-state index >= 15 is 0 Å². The first kappa shape index (κ1) is 11.5. The number of benzene rings is 1. The van der Waals surface area contributed by atoms with E-state index in [9.17, 15) is 9.18 Å². The molecule has 4 nitrogen and oxygen atoms in total. The molecule has 0 saturated heterocycles. The lowest BCUT2D eigenvalue weighted by molar-refractivity contribution is 0.0693. The van der Waals surface area contributed by atoms with Gasteiger partial charge in [0.05, 0.1) is 18.0 Å². The highest BCUT2D eigenvalue weighted by molar-refractivity contribution is 7.99. The third-order valence-corrected chi connectivity index (χ3v) is 2.88. The summed E-state index contributed by atoms with van der Waals surface area (Å²) in [6.45, 7) is 0. The Morgan fingerprint density at radius 1 is 1.24 bits per heavy atom. The Hall–Kier alpha value is -1.95. The Morgan fingerprint density at radius 3 is 2.53 bits per heavy atom. The SMILES string of the molecule is O=C(O)c1ccccc1Sc1ncc(F)cn1. The van der Waals surface area contributed by atoms with Crippen molar-refractivity contribution in [3.63, 3.8) is 0 Å². The zero-order chi connectivity index (χ0) is 12.3. The maximum absolute atomic E-state index is 12.6. The highest BCUT2D eigenvalue weighted by Crippen LogP contribution is 2.27. The third kappa shape index (κ3) is 2.79. The minimum atomic E-state index is -1.02. The quantitative estimate of drug-likeness (QED) is 0.848. The highest BCUT2D eigenvalue weighted by Gasteiger charge is 2.11. The standard InChI is InChI=1S/C11H7FN2O2S/c12-7-5-13-11(14-6-7)17-9-4-2-1-3-8(9)10(15)16/h1-6H,(H,15,16). The Balaban J connectivity index is 2.30. The maximum atomic E-state index is 12.6. The van der Waals surface area contributed by atoms with E-state index < -0.39 is 11.8 Å². The van der Waals surface area contributed by atoms with Crippen molar-refractivity contribution in [1.29, 1.82) is 0 Å². The van der Waals surface area contributed by atoms with E-state index in [-0.39, 0.29) is 5.56 Å². The molecule has 0 aliphatic heterocycles. The Kier molecular flexibility index (Phi) is 3.34. The predicted octanol–water partition coefficient (Wildman–Crippen LogP) is 2.47. The van der Waals surface area contributed by atoms with Gasteiger partial charge in [-0.2, -0.15) is 0 Å². The minimum Gasteiger partial charge on any atom is -0.478 e. The van der Waals surface area contributed by atoms with Crippen molar-refractivity contribution in [2.45, 2.75) is 10.1 Å². The summed E-state index contributed by atoms with van der Waals surface area (Å²) in [5, 5.41) is 9.28. The molecule has 2 aromatic rings. The molecule has 0 amide bonds. The van der Waals surface area contributed by atoms with Crippen molar-refractivity contribution < 1.29 is 14.3 Å². The van der Waals surface area contributed by atoms with E-state index in [4.69, 9.17) is 5.11 Å². The van der Waals surface area contributed by atoms with Crippen LogP contribution < -0.4 is 0 Å². The molecule has 17 heavy (non-hydrogen) atoms. The number of carboxylic acid groups (broad SMARTS) is 1. The molecule has 0 bridgehead atoms. The Labute approximate surface area is 101 Å². The summed E-state index contributed by atoms with van der Waals surface area (Å²) in [4.78, 5) is 19.0. The molecule has 0 radical (unpaired) electrons. The minimum absolute atomic E-state index is 0.172. The number of hydrogen-bond acceptors (Lipinski definition) is 4. The van der Waals surface area contributed by atoms with Gasteiger partial charge >= 0.3 is 5.97 Å². The second kappa shape index (κ2) is 4.92. The number of aromatic carboxylic acids is 1. The van der Waals surface area contributed by atoms with Crippen LogP contribution in [0.15, 0.2) is 46.7 Å². The lowest BCUT2D eigenvalue weighted by atomic mass is 10.2. The van der Waals surface area contributed by atoms with Crippen molar-refractivity contribution in [1.82, 2.24) is 9.97 Å². The molecule has 2 rings (SSSR count). The smallest absolute Gasteiger partial charge is 0.336 e. The summed E-state index contributed by atoms with van der Waals surface area (Å²) in [6.07, 6.45) is 2.08. The molecular weight excluding hydrogens is 243 g/mol. The summed E-state index contributed by atoms with van der Waals surface area (Å²) < 4.78 is 12.6. The number of halogens is 1. The molecule has 0 unspecified atom stereocenters. The Morgan fingerprint density at radius 2 is 1.88 bits per heavy atom. The van der Waals surface area contributed by atoms with E-state index in [1.807, 2.05) is 0 Å². The van der Waals surface area contributed by atoms with Crippen LogP contribution in [0, 0.1) is 5.82 Å². The van der Waals surface area contributed by atoms with Gasteiger partial charge in [0, 0.05) is 4.90 Å². The van der Waals surface area contributed by atoms with Gasteiger partial charge in [-0.05, 0) is 23.9 Å². The van der Waals surface area contributed by atoms with Crippen LogP contribution in [-0.2, 0) is 0 Å². The summed E-state index contributed by atoms with van der Waals surface area (Å²) in [5.74, 6) is -1.55. The van der Waals surface area contributed by atoms with Crippen molar-refractivity contribution in [2.24, 2.45) is 0 Å². The summed E-state index contributed by atoms with van der Waals surface area (Å²) in [5.41, 5.74) is 0.172. The van der Waals surface area contributed by atoms with Crippen LogP contribution in [0.5, 0.6) is 0 Å². The van der Waals surface area contributed by atoms with Gasteiger partial charge in [-0.1, -0.05) is 12.1 Å². The average molecular weight is 250 g/mol. The average Bonchev–Trinajstić information content (AvgIpc) is 2.32. The van der Waals surface area contributed by atoms with Crippen LogP contribution in [-0.4, -0.2) is 21.0 Å². The fraction of sp³-hybridized carbons (Fsp3) is 0. The fourth-order valence-corrected chi connectivity index (χ4v) is 2.00. The van der Waals surface area contributed by atoms with Gasteiger partial charge in [0.2, 0.25) is 0 Å². The van der Waals surface area contributed by atoms with Gasteiger partial charge in [0.25, 0.3) is 0 Å². The van der Waals surface area contributed by atoms with Gasteiger partial charge < -0.3 is 5.11 Å². The number of aromatic nitrogens is 2. The van der Waals surface area contributed by atoms with Gasteiger partial charge in [-0.15, -0.1) is 0 Å². The molecule has 1 heterocycles. The van der Waals surface area contributed by atoms with Gasteiger partial charge in [0.15, 0.2) is 11.0 Å². The number of hydrogen-bond donors (Lipinski definition) is 1. The molecule has 1 aromatic carbocycles. The van der Waals surface area contributed by atoms with E-state index in [2.05, 4.69) is 9.97 Å². The molecule has 1 N–H and O–H groups in total. The normalized spacial score (nSPS) is 10.2. The fourth-order valence-electron chi connectivity index (χ4n) is 1.18. The van der Waals surface area contributed by atoms with Crippen LogP contribution in [0.2, 0.25) is 0 Å². The first-order valence-corrected chi connectivity index (χ1v) is 5.46. The van der Waals surface area contributed by atoms with Crippen molar-refractivity contribution >= 4 is 17.7 Å². The monoisotopic (exact) mass is 250 g/mol. The largest absolute Gasteiger partial charge is 0.478 e. The molecule has 0 atom stereocenters. The van der Waals surface area contributed by atoms with Crippen LogP contribution in [0.25, 0.3) is 0 Å². The number of carboxylic acids is 1. The van der Waals surface area contributed by atoms with E-state index in [0.29, 0.717) is 10.1 Å². The van der Waals surface area contributed by atoms with E-state index in [0.717, 1.165) is 24.2 Å².